The Bertz CT molecular complexity index is 1150. The average molecular weight is 521 g/mol. The average Bonchev–Trinajstić information content (AvgIpc) is 2.76. The molecule has 9 heteroatoms. The van der Waals surface area contributed by atoms with Gasteiger partial charge in [0.2, 0.25) is 10.0 Å². The molecular formula is C22H19BrClN3O3S. The van der Waals surface area contributed by atoms with Gasteiger partial charge in [-0.2, -0.15) is 9.41 Å². The lowest BCUT2D eigenvalue weighted by Crippen LogP contribution is -2.39. The zero-order chi connectivity index (χ0) is 22.3. The summed E-state index contributed by atoms with van der Waals surface area (Å²) < 4.78 is 28.3. The Morgan fingerprint density at radius 1 is 1.00 bits per heavy atom. The van der Waals surface area contributed by atoms with Crippen LogP contribution in [-0.2, 0) is 21.4 Å². The third-order valence-corrected chi connectivity index (χ3v) is 6.83. The third kappa shape index (κ3) is 6.73. The summed E-state index contributed by atoms with van der Waals surface area (Å²) >= 11 is 9.14. The van der Waals surface area contributed by atoms with Gasteiger partial charge in [0.1, 0.15) is 0 Å². The highest BCUT2D eigenvalue weighted by Gasteiger charge is 2.26. The summed E-state index contributed by atoms with van der Waals surface area (Å²) in [6, 6.07) is 22.3. The summed E-state index contributed by atoms with van der Waals surface area (Å²) in [6.45, 7) is -0.335. The lowest BCUT2D eigenvalue weighted by molar-refractivity contribution is -0.121. The van der Waals surface area contributed by atoms with Crippen molar-refractivity contribution in [2.45, 2.75) is 11.4 Å². The molecule has 3 aromatic carbocycles. The van der Waals surface area contributed by atoms with Gasteiger partial charge in [-0.05, 0) is 47.5 Å². The van der Waals surface area contributed by atoms with Crippen LogP contribution in [0, 0.1) is 0 Å². The molecule has 0 aliphatic rings. The Morgan fingerprint density at radius 2 is 1.65 bits per heavy atom. The number of sulfonamides is 1. The highest BCUT2D eigenvalue weighted by molar-refractivity contribution is 9.10. The Balaban J connectivity index is 1.76. The second kappa shape index (κ2) is 10.7. The zero-order valence-corrected chi connectivity index (χ0v) is 19.4. The van der Waals surface area contributed by atoms with Crippen molar-refractivity contribution in [3.8, 4) is 0 Å². The van der Waals surface area contributed by atoms with E-state index in [1.54, 1.807) is 48.5 Å². The molecule has 31 heavy (non-hydrogen) atoms. The number of hydrogen-bond donors (Lipinski definition) is 1. The van der Waals surface area contributed by atoms with E-state index in [9.17, 15) is 13.2 Å². The van der Waals surface area contributed by atoms with Crippen molar-refractivity contribution >= 4 is 49.7 Å². The van der Waals surface area contributed by atoms with E-state index in [4.69, 9.17) is 11.6 Å². The fraction of sp³-hybridized carbons (Fsp3) is 0.0909. The molecule has 0 bridgehead atoms. The van der Waals surface area contributed by atoms with Gasteiger partial charge in [0.25, 0.3) is 5.91 Å². The Kier molecular flexibility index (Phi) is 7.97. The normalized spacial score (nSPS) is 11.7. The Morgan fingerprint density at radius 3 is 2.29 bits per heavy atom. The number of halogens is 2. The molecule has 0 fully saturated rings. The lowest BCUT2D eigenvalue weighted by Gasteiger charge is -2.21. The second-order valence-electron chi connectivity index (χ2n) is 6.56. The molecule has 1 N–H and O–H groups in total. The summed E-state index contributed by atoms with van der Waals surface area (Å²) in [5, 5.41) is 4.50. The van der Waals surface area contributed by atoms with E-state index in [0.717, 1.165) is 19.9 Å². The SMILES string of the molecule is O=C(CN(Cc1ccccc1)S(=O)(=O)c1ccc(Br)cc1)N/N=C\c1ccc(Cl)cc1. The van der Waals surface area contributed by atoms with Crippen molar-refractivity contribution < 1.29 is 13.2 Å². The van der Waals surface area contributed by atoms with Crippen LogP contribution < -0.4 is 5.43 Å². The Labute approximate surface area is 194 Å². The maximum atomic E-state index is 13.2. The van der Waals surface area contributed by atoms with Gasteiger partial charge in [-0.25, -0.2) is 13.8 Å². The van der Waals surface area contributed by atoms with Crippen molar-refractivity contribution in [1.29, 1.82) is 0 Å². The fourth-order valence-electron chi connectivity index (χ4n) is 2.69. The minimum Gasteiger partial charge on any atom is -0.272 e. The van der Waals surface area contributed by atoms with E-state index < -0.39 is 15.9 Å². The van der Waals surface area contributed by atoms with E-state index in [2.05, 4.69) is 26.5 Å². The lowest BCUT2D eigenvalue weighted by atomic mass is 10.2. The number of hydrazone groups is 1. The molecule has 0 spiro atoms. The first-order valence-corrected chi connectivity index (χ1v) is 11.8. The standard InChI is InChI=1S/C22H19BrClN3O3S/c23-19-8-12-21(13-9-19)31(29,30)27(15-18-4-2-1-3-5-18)16-22(28)26-25-14-17-6-10-20(24)11-7-17/h1-14H,15-16H2,(H,26,28)/b25-14-. The van der Waals surface area contributed by atoms with Gasteiger partial charge in [0.15, 0.2) is 0 Å². The van der Waals surface area contributed by atoms with Crippen LogP contribution >= 0.6 is 27.5 Å². The number of carbonyl (C=O) groups is 1. The topological polar surface area (TPSA) is 78.8 Å². The quantitative estimate of drug-likeness (QED) is 0.352. The molecule has 0 saturated heterocycles. The minimum atomic E-state index is -3.91. The zero-order valence-electron chi connectivity index (χ0n) is 16.3. The highest BCUT2D eigenvalue weighted by atomic mass is 79.9. The van der Waals surface area contributed by atoms with Crippen molar-refractivity contribution in [3.63, 3.8) is 0 Å². The number of hydrogen-bond acceptors (Lipinski definition) is 4. The predicted molar refractivity (Wildman–Crippen MR) is 125 cm³/mol. The summed E-state index contributed by atoms with van der Waals surface area (Å²) in [7, 11) is -3.91. The number of rotatable bonds is 8. The van der Waals surface area contributed by atoms with Crippen LogP contribution in [0.4, 0.5) is 0 Å². The van der Waals surface area contributed by atoms with E-state index in [1.165, 1.54) is 18.3 Å². The van der Waals surface area contributed by atoms with Gasteiger partial charge in [-0.3, -0.25) is 4.79 Å². The first-order chi connectivity index (χ1) is 14.8. The molecule has 0 radical (unpaired) electrons. The van der Waals surface area contributed by atoms with Gasteiger partial charge < -0.3 is 0 Å². The minimum absolute atomic E-state index is 0.0492. The number of benzene rings is 3. The van der Waals surface area contributed by atoms with Crippen molar-refractivity contribution in [1.82, 2.24) is 9.73 Å². The predicted octanol–water partition coefficient (Wildman–Crippen LogP) is 4.44. The maximum absolute atomic E-state index is 13.2. The van der Waals surface area contributed by atoms with Gasteiger partial charge in [-0.15, -0.1) is 0 Å². The molecule has 0 aliphatic heterocycles. The molecular weight excluding hydrogens is 502 g/mol. The van der Waals surface area contributed by atoms with E-state index in [1.807, 2.05) is 18.2 Å². The number of carbonyl (C=O) groups excluding carboxylic acids is 1. The first-order valence-electron chi connectivity index (χ1n) is 9.22. The molecule has 160 valence electrons. The number of nitrogens with zero attached hydrogens (tertiary/aromatic N) is 2. The third-order valence-electron chi connectivity index (χ3n) is 4.25. The Hall–Kier alpha value is -2.52. The van der Waals surface area contributed by atoms with Gasteiger partial charge in [-0.1, -0.05) is 70.0 Å². The van der Waals surface area contributed by atoms with Crippen molar-refractivity contribution in [3.05, 3.63) is 99.5 Å². The van der Waals surface area contributed by atoms with Crippen LogP contribution in [0.3, 0.4) is 0 Å². The van der Waals surface area contributed by atoms with Crippen LogP contribution in [0.15, 0.2) is 93.3 Å². The summed E-state index contributed by atoms with van der Waals surface area (Å²) in [4.78, 5) is 12.6. The molecule has 0 saturated carbocycles. The summed E-state index contributed by atoms with van der Waals surface area (Å²) in [6.07, 6.45) is 1.46. The van der Waals surface area contributed by atoms with Crippen LogP contribution in [0.25, 0.3) is 0 Å². The number of nitrogens with one attached hydrogen (secondary N) is 1. The molecule has 3 aromatic rings. The van der Waals surface area contributed by atoms with Crippen molar-refractivity contribution in [2.75, 3.05) is 6.54 Å². The van der Waals surface area contributed by atoms with Crippen LogP contribution in [-0.4, -0.2) is 31.4 Å². The number of amides is 1. The van der Waals surface area contributed by atoms with Crippen LogP contribution in [0.1, 0.15) is 11.1 Å². The van der Waals surface area contributed by atoms with E-state index >= 15 is 0 Å². The van der Waals surface area contributed by atoms with E-state index in [0.29, 0.717) is 5.02 Å². The van der Waals surface area contributed by atoms with Gasteiger partial charge >= 0.3 is 0 Å². The molecule has 6 nitrogen and oxygen atoms in total. The molecule has 0 aromatic heterocycles. The summed E-state index contributed by atoms with van der Waals surface area (Å²) in [5.74, 6) is -0.554. The van der Waals surface area contributed by atoms with Crippen LogP contribution in [0.5, 0.6) is 0 Å². The van der Waals surface area contributed by atoms with Gasteiger partial charge in [0.05, 0.1) is 17.7 Å². The molecule has 0 unspecified atom stereocenters. The highest BCUT2D eigenvalue weighted by Crippen LogP contribution is 2.20. The van der Waals surface area contributed by atoms with Crippen molar-refractivity contribution in [2.24, 2.45) is 5.10 Å². The molecule has 3 rings (SSSR count). The first kappa shape index (κ1) is 23.1. The maximum Gasteiger partial charge on any atom is 0.255 e. The van der Waals surface area contributed by atoms with Crippen LogP contribution in [0.2, 0.25) is 5.02 Å². The molecule has 0 aliphatic carbocycles. The smallest absolute Gasteiger partial charge is 0.255 e. The van der Waals surface area contributed by atoms with E-state index in [-0.39, 0.29) is 18.0 Å². The molecule has 1 amide bonds. The second-order valence-corrected chi connectivity index (χ2v) is 9.85. The monoisotopic (exact) mass is 519 g/mol. The largest absolute Gasteiger partial charge is 0.272 e. The molecule has 0 heterocycles. The van der Waals surface area contributed by atoms with Gasteiger partial charge in [0, 0.05) is 16.0 Å². The molecule has 0 atom stereocenters. The fourth-order valence-corrected chi connectivity index (χ4v) is 4.47. The summed E-state index contributed by atoms with van der Waals surface area (Å²) in [5.41, 5.74) is 3.89.